The number of aromatic nitrogens is 1. The molecule has 0 saturated heterocycles. The molecule has 0 fully saturated rings. The fourth-order valence-corrected chi connectivity index (χ4v) is 0.963. The first kappa shape index (κ1) is 15.4. The van der Waals surface area contributed by atoms with Crippen LogP contribution in [-0.2, 0) is 14.3 Å². The van der Waals surface area contributed by atoms with Crippen LogP contribution in [0.1, 0.15) is 12.6 Å². The molecular formula is C11H10LiNO4. The van der Waals surface area contributed by atoms with E-state index in [4.69, 9.17) is 0 Å². The smallest absolute Gasteiger partial charge is 0.871 e. The summed E-state index contributed by atoms with van der Waals surface area (Å²) in [7, 11) is 0. The number of ether oxygens (including phenoxy) is 1. The Labute approximate surface area is 111 Å². The molecule has 0 spiro atoms. The van der Waals surface area contributed by atoms with Gasteiger partial charge in [0.2, 0.25) is 0 Å². The van der Waals surface area contributed by atoms with Crippen LogP contribution in [0.2, 0.25) is 0 Å². The molecule has 0 aliphatic carbocycles. The average molecular weight is 227 g/mol. The summed E-state index contributed by atoms with van der Waals surface area (Å²) in [5, 5.41) is 11.4. The quantitative estimate of drug-likeness (QED) is 0.179. The molecule has 1 aromatic heterocycles. The van der Waals surface area contributed by atoms with Crippen molar-refractivity contribution in [2.45, 2.75) is 6.92 Å². The van der Waals surface area contributed by atoms with Gasteiger partial charge in [-0.05, 0) is 25.1 Å². The first-order valence-corrected chi connectivity index (χ1v) is 4.66. The number of carbonyl (C=O) groups is 2. The van der Waals surface area contributed by atoms with Gasteiger partial charge < -0.3 is 9.84 Å². The van der Waals surface area contributed by atoms with Crippen molar-refractivity contribution in [1.82, 2.24) is 4.98 Å². The predicted octanol–water partition coefficient (Wildman–Crippen LogP) is -3.08. The largest absolute Gasteiger partial charge is 1.00 e. The van der Waals surface area contributed by atoms with E-state index in [1.165, 1.54) is 12.3 Å². The molecule has 0 aromatic carbocycles. The maximum absolute atomic E-state index is 11.4. The fraction of sp³-hybridized carbons (Fsp3) is 0.182. The Morgan fingerprint density at radius 1 is 1.47 bits per heavy atom. The molecule has 0 atom stereocenters. The molecule has 1 heterocycles. The second-order valence-corrected chi connectivity index (χ2v) is 2.81. The van der Waals surface area contributed by atoms with Gasteiger partial charge >= 0.3 is 24.8 Å². The number of esters is 1. The molecule has 6 heteroatoms. The summed E-state index contributed by atoms with van der Waals surface area (Å²) in [6, 6.07) is 4.71. The summed E-state index contributed by atoms with van der Waals surface area (Å²) in [6.45, 7) is 1.67. The maximum atomic E-state index is 11.4. The van der Waals surface area contributed by atoms with E-state index in [0.717, 1.165) is 0 Å². The molecule has 0 N–H and O–H groups in total. The molecule has 0 radical (unpaired) electrons. The van der Waals surface area contributed by atoms with Crippen LogP contribution in [0.4, 0.5) is 0 Å². The Kier molecular flexibility index (Phi) is 6.95. The van der Waals surface area contributed by atoms with E-state index in [1.54, 1.807) is 19.1 Å². The standard InChI is InChI=1S/C11H11NO4.Li/c1-2-16-11(15)10(14)7-9(13)8-5-3-4-6-12-8;/h3-7,13H,2H2,1H3;/q;+1/p-1/b9-7+;. The number of carbonyl (C=O) groups excluding carboxylic acids is 2. The molecule has 0 aliphatic rings. The molecule has 5 nitrogen and oxygen atoms in total. The van der Waals surface area contributed by atoms with E-state index in [0.29, 0.717) is 6.08 Å². The Morgan fingerprint density at radius 3 is 2.71 bits per heavy atom. The van der Waals surface area contributed by atoms with Gasteiger partial charge in [0.1, 0.15) is 0 Å². The summed E-state index contributed by atoms with van der Waals surface area (Å²) in [5.74, 6) is -2.62. The van der Waals surface area contributed by atoms with E-state index < -0.39 is 17.5 Å². The number of nitrogens with zero attached hydrogens (tertiary/aromatic N) is 1. The predicted molar refractivity (Wildman–Crippen MR) is 53.9 cm³/mol. The Hall–Kier alpha value is -1.57. The molecule has 1 rings (SSSR count). The van der Waals surface area contributed by atoms with Crippen molar-refractivity contribution in [1.29, 1.82) is 0 Å². The van der Waals surface area contributed by atoms with Crippen molar-refractivity contribution in [3.63, 3.8) is 0 Å². The minimum Gasteiger partial charge on any atom is -0.871 e. The number of ketones is 1. The summed E-state index contributed by atoms with van der Waals surface area (Å²) < 4.78 is 4.45. The number of hydrogen-bond acceptors (Lipinski definition) is 5. The Bertz CT molecular complexity index is 417. The van der Waals surface area contributed by atoms with Crippen molar-refractivity contribution in [2.24, 2.45) is 0 Å². The van der Waals surface area contributed by atoms with Crippen molar-refractivity contribution in [3.8, 4) is 0 Å². The van der Waals surface area contributed by atoms with E-state index in [2.05, 4.69) is 9.72 Å². The molecule has 0 unspecified atom stereocenters. The van der Waals surface area contributed by atoms with Gasteiger partial charge in [0.25, 0.3) is 5.78 Å². The van der Waals surface area contributed by atoms with Crippen LogP contribution in [0.3, 0.4) is 0 Å². The third-order valence-corrected chi connectivity index (χ3v) is 1.66. The third kappa shape index (κ3) is 4.85. The van der Waals surface area contributed by atoms with Gasteiger partial charge in [0.15, 0.2) is 0 Å². The van der Waals surface area contributed by atoms with Gasteiger partial charge in [-0.15, -0.1) is 0 Å². The average Bonchev–Trinajstić information content (AvgIpc) is 2.30. The minimum absolute atomic E-state index is 0. The van der Waals surface area contributed by atoms with E-state index in [9.17, 15) is 14.7 Å². The first-order valence-electron chi connectivity index (χ1n) is 4.66. The van der Waals surface area contributed by atoms with Gasteiger partial charge in [-0.2, -0.15) is 0 Å². The topological polar surface area (TPSA) is 79.3 Å². The third-order valence-electron chi connectivity index (χ3n) is 1.66. The van der Waals surface area contributed by atoms with Crippen LogP contribution in [0.25, 0.3) is 5.76 Å². The van der Waals surface area contributed by atoms with Crippen LogP contribution in [-0.4, -0.2) is 23.3 Å². The summed E-state index contributed by atoms with van der Waals surface area (Å²) in [6.07, 6.45) is 2.11. The van der Waals surface area contributed by atoms with Crippen molar-refractivity contribution in [2.75, 3.05) is 6.61 Å². The van der Waals surface area contributed by atoms with Crippen molar-refractivity contribution >= 4 is 17.5 Å². The molecule has 17 heavy (non-hydrogen) atoms. The minimum atomic E-state index is -1.04. The zero-order valence-corrected chi connectivity index (χ0v) is 9.67. The maximum Gasteiger partial charge on any atom is 1.00 e. The first-order chi connectivity index (χ1) is 7.65. The normalized spacial score (nSPS) is 10.3. The van der Waals surface area contributed by atoms with Gasteiger partial charge in [-0.3, -0.25) is 9.78 Å². The zero-order valence-electron chi connectivity index (χ0n) is 9.67. The molecule has 1 aromatic rings. The number of hydrogen-bond donors (Lipinski definition) is 0. The number of rotatable bonds is 4. The van der Waals surface area contributed by atoms with E-state index in [1.807, 2.05) is 0 Å². The van der Waals surface area contributed by atoms with Gasteiger partial charge in [-0.1, -0.05) is 11.8 Å². The molecule has 0 aliphatic heterocycles. The van der Waals surface area contributed by atoms with Crippen molar-refractivity contribution in [3.05, 3.63) is 36.2 Å². The molecular weight excluding hydrogens is 217 g/mol. The van der Waals surface area contributed by atoms with Crippen molar-refractivity contribution < 1.29 is 38.3 Å². The second kappa shape index (κ2) is 7.66. The summed E-state index contributed by atoms with van der Waals surface area (Å²) >= 11 is 0. The molecule has 0 bridgehead atoms. The zero-order chi connectivity index (χ0) is 12.0. The van der Waals surface area contributed by atoms with Crippen LogP contribution in [0.5, 0.6) is 0 Å². The van der Waals surface area contributed by atoms with Crippen LogP contribution < -0.4 is 24.0 Å². The van der Waals surface area contributed by atoms with Crippen LogP contribution in [0, 0.1) is 0 Å². The molecule has 84 valence electrons. The van der Waals surface area contributed by atoms with E-state index in [-0.39, 0.29) is 31.2 Å². The van der Waals surface area contributed by atoms with Gasteiger partial charge in [-0.25, -0.2) is 4.79 Å². The van der Waals surface area contributed by atoms with Crippen LogP contribution >= 0.6 is 0 Å². The summed E-state index contributed by atoms with van der Waals surface area (Å²) in [5.41, 5.74) is 0.111. The summed E-state index contributed by atoms with van der Waals surface area (Å²) in [4.78, 5) is 25.8. The molecule has 0 saturated carbocycles. The van der Waals surface area contributed by atoms with E-state index >= 15 is 0 Å². The Balaban J connectivity index is 0.00000256. The Morgan fingerprint density at radius 2 is 2.18 bits per heavy atom. The monoisotopic (exact) mass is 227 g/mol. The number of pyridine rings is 1. The van der Waals surface area contributed by atoms with Gasteiger partial charge in [0.05, 0.1) is 12.3 Å². The van der Waals surface area contributed by atoms with Crippen LogP contribution in [0.15, 0.2) is 30.5 Å². The molecule has 0 amide bonds. The second-order valence-electron chi connectivity index (χ2n) is 2.81. The van der Waals surface area contributed by atoms with Gasteiger partial charge in [0, 0.05) is 6.20 Å². The fourth-order valence-electron chi connectivity index (χ4n) is 0.963. The SMILES string of the molecule is CCOC(=O)C(=O)/C=C(/[O-])c1ccccn1.[Li+].